The maximum absolute atomic E-state index is 12.5. The van der Waals surface area contributed by atoms with Gasteiger partial charge >= 0.3 is 6.36 Å². The lowest BCUT2D eigenvalue weighted by atomic mass is 10.1. The smallest absolute Gasteiger partial charge is 0.406 e. The molecule has 31 heavy (non-hydrogen) atoms. The number of rotatable bonds is 6. The number of nitrogens with zero attached hydrogens (tertiary/aromatic N) is 2. The maximum atomic E-state index is 12.5. The van der Waals surface area contributed by atoms with Crippen molar-refractivity contribution in [1.29, 1.82) is 0 Å². The van der Waals surface area contributed by atoms with E-state index < -0.39 is 6.36 Å². The summed E-state index contributed by atoms with van der Waals surface area (Å²) in [4.78, 5) is 9.27. The van der Waals surface area contributed by atoms with Gasteiger partial charge in [0.25, 0.3) is 0 Å². The third kappa shape index (κ3) is 5.65. The minimum Gasteiger partial charge on any atom is -0.406 e. The third-order valence-electron chi connectivity index (χ3n) is 5.18. The average molecular weight is 428 g/mol. The number of ether oxygens (including phenoxy) is 1. The highest BCUT2D eigenvalue weighted by molar-refractivity contribution is 5.69. The van der Waals surface area contributed by atoms with E-state index in [1.165, 1.54) is 25.0 Å². The highest BCUT2D eigenvalue weighted by atomic mass is 19.4. The number of nitrogens with one attached hydrogen (secondary N) is 2. The van der Waals surface area contributed by atoms with Crippen molar-refractivity contribution in [3.63, 3.8) is 0 Å². The number of aryl methyl sites for hydroxylation is 1. The molecule has 2 aromatic carbocycles. The van der Waals surface area contributed by atoms with E-state index in [0.717, 1.165) is 24.1 Å². The van der Waals surface area contributed by atoms with Crippen LogP contribution in [0.4, 0.5) is 30.6 Å². The molecule has 5 nitrogen and oxygen atoms in total. The zero-order valence-corrected chi connectivity index (χ0v) is 17.0. The van der Waals surface area contributed by atoms with Crippen molar-refractivity contribution >= 4 is 17.5 Å². The minimum absolute atomic E-state index is 0.258. The van der Waals surface area contributed by atoms with E-state index in [1.54, 1.807) is 13.0 Å². The van der Waals surface area contributed by atoms with Gasteiger partial charge in [0.1, 0.15) is 11.6 Å². The first-order valence-electron chi connectivity index (χ1n) is 10.2. The molecule has 0 saturated heterocycles. The zero-order valence-electron chi connectivity index (χ0n) is 17.0. The second-order valence-corrected chi connectivity index (χ2v) is 7.60. The fourth-order valence-electron chi connectivity index (χ4n) is 3.70. The average Bonchev–Trinajstić information content (AvgIpc) is 3.22. The number of hydrogen-bond donors (Lipinski definition) is 2. The molecule has 0 aliphatic heterocycles. The fourth-order valence-corrected chi connectivity index (χ4v) is 3.70. The van der Waals surface area contributed by atoms with Gasteiger partial charge in [-0.25, -0.2) is 4.98 Å². The highest BCUT2D eigenvalue weighted by Gasteiger charge is 2.31. The Kier molecular flexibility index (Phi) is 5.97. The monoisotopic (exact) mass is 428 g/mol. The summed E-state index contributed by atoms with van der Waals surface area (Å²) in [5, 5.41) is 6.63. The third-order valence-corrected chi connectivity index (χ3v) is 5.18. The van der Waals surface area contributed by atoms with E-state index in [2.05, 4.69) is 25.3 Å². The predicted octanol–water partition coefficient (Wildman–Crippen LogP) is 6.45. The topological polar surface area (TPSA) is 59.1 Å². The van der Waals surface area contributed by atoms with Gasteiger partial charge in [0.15, 0.2) is 0 Å². The Morgan fingerprint density at radius 1 is 0.968 bits per heavy atom. The van der Waals surface area contributed by atoms with Gasteiger partial charge in [-0.1, -0.05) is 43.2 Å². The molecule has 0 unspecified atom stereocenters. The molecule has 1 fully saturated rings. The van der Waals surface area contributed by atoms with Gasteiger partial charge in [-0.05, 0) is 43.5 Å². The molecule has 0 radical (unpaired) electrons. The Balaban J connectivity index is 1.62. The van der Waals surface area contributed by atoms with Crippen molar-refractivity contribution in [2.24, 2.45) is 0 Å². The Labute approximate surface area is 178 Å². The maximum Gasteiger partial charge on any atom is 0.573 e. The fraction of sp³-hybridized carbons (Fsp3) is 0.304. The van der Waals surface area contributed by atoms with E-state index in [4.69, 9.17) is 0 Å². The number of anilines is 3. The van der Waals surface area contributed by atoms with E-state index >= 15 is 0 Å². The number of benzene rings is 2. The SMILES string of the molecule is Cc1cc(OC(F)(F)F)ccc1Nc1cc(-c2ccccc2)nc(NC2CCCC2)n1. The number of halogens is 3. The molecule has 0 amide bonds. The zero-order chi connectivity index (χ0) is 21.8. The van der Waals surface area contributed by atoms with Crippen LogP contribution in [-0.2, 0) is 0 Å². The van der Waals surface area contributed by atoms with Crippen molar-refractivity contribution in [1.82, 2.24) is 9.97 Å². The molecule has 1 aliphatic rings. The van der Waals surface area contributed by atoms with Crippen LogP contribution in [-0.4, -0.2) is 22.4 Å². The summed E-state index contributed by atoms with van der Waals surface area (Å²) < 4.78 is 41.4. The molecule has 1 aliphatic carbocycles. The van der Waals surface area contributed by atoms with Gasteiger partial charge in [0.2, 0.25) is 5.95 Å². The van der Waals surface area contributed by atoms with Crippen molar-refractivity contribution in [3.05, 3.63) is 60.2 Å². The number of alkyl halides is 3. The molecule has 3 aromatic rings. The van der Waals surface area contributed by atoms with E-state index in [-0.39, 0.29) is 5.75 Å². The second-order valence-electron chi connectivity index (χ2n) is 7.60. The Bertz CT molecular complexity index is 1030. The van der Waals surface area contributed by atoms with Crippen LogP contribution in [0.3, 0.4) is 0 Å². The molecule has 1 heterocycles. The number of hydrogen-bond acceptors (Lipinski definition) is 5. The molecule has 0 spiro atoms. The molecular weight excluding hydrogens is 405 g/mol. The van der Waals surface area contributed by atoms with Gasteiger partial charge in [0.05, 0.1) is 5.69 Å². The number of aromatic nitrogens is 2. The summed E-state index contributed by atoms with van der Waals surface area (Å²) in [7, 11) is 0. The summed E-state index contributed by atoms with van der Waals surface area (Å²) in [6.07, 6.45) is -0.179. The van der Waals surface area contributed by atoms with Gasteiger partial charge in [-0.15, -0.1) is 13.2 Å². The van der Waals surface area contributed by atoms with Gasteiger partial charge in [0, 0.05) is 23.4 Å². The van der Waals surface area contributed by atoms with Crippen LogP contribution < -0.4 is 15.4 Å². The Hall–Kier alpha value is -3.29. The first-order valence-corrected chi connectivity index (χ1v) is 10.2. The van der Waals surface area contributed by atoms with Crippen molar-refractivity contribution in [2.45, 2.75) is 45.0 Å². The Morgan fingerprint density at radius 3 is 2.39 bits per heavy atom. The largest absolute Gasteiger partial charge is 0.573 e. The first-order chi connectivity index (χ1) is 14.9. The van der Waals surface area contributed by atoms with Crippen LogP contribution in [0.25, 0.3) is 11.3 Å². The van der Waals surface area contributed by atoms with E-state index in [9.17, 15) is 13.2 Å². The van der Waals surface area contributed by atoms with Gasteiger partial charge < -0.3 is 15.4 Å². The molecule has 1 saturated carbocycles. The Morgan fingerprint density at radius 2 is 1.71 bits per heavy atom. The molecular formula is C23H23F3N4O. The normalized spacial score (nSPS) is 14.5. The molecule has 4 rings (SSSR count). The molecule has 2 N–H and O–H groups in total. The molecule has 0 atom stereocenters. The van der Waals surface area contributed by atoms with Crippen LogP contribution in [0, 0.1) is 6.92 Å². The summed E-state index contributed by atoms with van der Waals surface area (Å²) in [5.41, 5.74) is 2.95. The highest BCUT2D eigenvalue weighted by Crippen LogP contribution is 2.30. The second kappa shape index (κ2) is 8.83. The van der Waals surface area contributed by atoms with Gasteiger partial charge in [-0.3, -0.25) is 0 Å². The molecule has 162 valence electrons. The summed E-state index contributed by atoms with van der Waals surface area (Å²) >= 11 is 0. The van der Waals surface area contributed by atoms with Crippen molar-refractivity contribution in [2.75, 3.05) is 10.6 Å². The van der Waals surface area contributed by atoms with Crippen molar-refractivity contribution < 1.29 is 17.9 Å². The molecule has 1 aromatic heterocycles. The minimum atomic E-state index is -4.72. The van der Waals surface area contributed by atoms with Crippen LogP contribution in [0.15, 0.2) is 54.6 Å². The van der Waals surface area contributed by atoms with E-state index in [1.807, 2.05) is 36.4 Å². The van der Waals surface area contributed by atoms with Crippen LogP contribution in [0.5, 0.6) is 5.75 Å². The summed E-state index contributed by atoms with van der Waals surface area (Å²) in [5.74, 6) is 0.833. The van der Waals surface area contributed by atoms with E-state index in [0.29, 0.717) is 29.1 Å². The van der Waals surface area contributed by atoms with Crippen molar-refractivity contribution in [3.8, 4) is 17.0 Å². The summed E-state index contributed by atoms with van der Waals surface area (Å²) in [6.45, 7) is 1.71. The lowest BCUT2D eigenvalue weighted by Crippen LogP contribution is -2.17. The van der Waals surface area contributed by atoms with Crippen LogP contribution in [0.2, 0.25) is 0 Å². The molecule has 0 bridgehead atoms. The predicted molar refractivity (Wildman–Crippen MR) is 114 cm³/mol. The molecule has 8 heteroatoms. The standard InChI is InChI=1S/C23H23F3N4O/c1-15-13-18(31-23(24,25)26)11-12-19(15)28-21-14-20(16-7-3-2-4-8-16)29-22(30-21)27-17-9-5-6-10-17/h2-4,7-8,11-14,17H,5-6,9-10H2,1H3,(H2,27,28,29,30). The lowest BCUT2D eigenvalue weighted by Gasteiger charge is -2.16. The lowest BCUT2D eigenvalue weighted by molar-refractivity contribution is -0.274. The quantitative estimate of drug-likeness (QED) is 0.473. The first kappa shape index (κ1) is 21.0. The van der Waals surface area contributed by atoms with Crippen LogP contribution in [0.1, 0.15) is 31.2 Å². The van der Waals surface area contributed by atoms with Gasteiger partial charge in [-0.2, -0.15) is 4.98 Å². The van der Waals surface area contributed by atoms with Crippen LogP contribution >= 0.6 is 0 Å². The summed E-state index contributed by atoms with van der Waals surface area (Å²) in [6, 6.07) is 16.1.